The zero-order valence-corrected chi connectivity index (χ0v) is 9.39. The normalized spacial score (nSPS) is 9.18. The highest BCUT2D eigenvalue weighted by molar-refractivity contribution is 14.1. The number of hydrogen-bond donors (Lipinski definition) is 0. The molecule has 0 N–H and O–H groups in total. The summed E-state index contributed by atoms with van der Waals surface area (Å²) in [4.78, 5) is 0. The molecule has 0 radical (unpaired) electrons. The predicted octanol–water partition coefficient (Wildman–Crippen LogP) is 3.12. The molecule has 0 amide bonds. The summed E-state index contributed by atoms with van der Waals surface area (Å²) < 4.78 is 2.20. The molecule has 0 aromatic heterocycles. The molecule has 0 bridgehead atoms. The maximum Gasteiger partial charge on any atom is 0.0670 e. The molecule has 0 saturated heterocycles. The lowest BCUT2D eigenvalue weighted by Crippen LogP contribution is -1.83. The molecule has 0 aliphatic carbocycles. The highest BCUT2D eigenvalue weighted by Crippen LogP contribution is 2.19. The largest absolute Gasteiger partial charge is 0.198 e. The van der Waals surface area contributed by atoms with E-state index in [1.54, 1.807) is 0 Å². The third-order valence-electron chi connectivity index (χ3n) is 1.28. The molecular weight excluding hydrogens is 317 g/mol. The Morgan fingerprint density at radius 2 is 2.27 bits per heavy atom. The molecule has 0 fully saturated rings. The molecule has 0 heterocycles. The first-order chi connectivity index (χ1) is 5.24. The lowest BCUT2D eigenvalue weighted by Gasteiger charge is -1.98. The maximum atomic E-state index is 8.44. The zero-order valence-electron chi connectivity index (χ0n) is 5.64. The average molecular weight is 322 g/mol. The second kappa shape index (κ2) is 4.07. The van der Waals surface area contributed by atoms with Crippen LogP contribution >= 0.6 is 38.5 Å². The number of nitriles is 1. The summed E-state index contributed by atoms with van der Waals surface area (Å²) in [6.45, 7) is 0. The molecule has 1 aromatic rings. The summed E-state index contributed by atoms with van der Waals surface area (Å²) in [5, 5.41) is 8.44. The summed E-state index contributed by atoms with van der Waals surface area (Å²) >= 11 is 5.63. The average Bonchev–Trinajstić information content (AvgIpc) is 1.95. The van der Waals surface area contributed by atoms with Gasteiger partial charge in [0.1, 0.15) is 0 Å². The maximum absolute atomic E-state index is 8.44. The van der Waals surface area contributed by atoms with Crippen molar-refractivity contribution in [1.82, 2.24) is 0 Å². The van der Waals surface area contributed by atoms with Crippen LogP contribution < -0.4 is 0 Å². The molecule has 0 aliphatic rings. The molecule has 0 atom stereocenters. The molecule has 1 nitrogen and oxygen atoms in total. The fraction of sp³-hybridized carbons (Fsp3) is 0.125. The lowest BCUT2D eigenvalue weighted by atomic mass is 10.2. The van der Waals surface area contributed by atoms with E-state index in [1.165, 1.54) is 3.57 Å². The van der Waals surface area contributed by atoms with Crippen LogP contribution in [0, 0.1) is 14.9 Å². The number of hydrogen-bond acceptors (Lipinski definition) is 1. The Morgan fingerprint density at radius 1 is 1.55 bits per heavy atom. The van der Waals surface area contributed by atoms with Gasteiger partial charge in [-0.05, 0) is 40.3 Å². The van der Waals surface area contributed by atoms with E-state index in [1.807, 2.05) is 18.2 Å². The van der Waals surface area contributed by atoms with Crippen molar-refractivity contribution < 1.29 is 0 Å². The van der Waals surface area contributed by atoms with Gasteiger partial charge in [0, 0.05) is 8.04 Å². The van der Waals surface area contributed by atoms with Crippen LogP contribution in [0.2, 0.25) is 0 Å². The number of rotatable bonds is 1. The van der Waals surface area contributed by atoms with Gasteiger partial charge in [0.15, 0.2) is 0 Å². The van der Waals surface area contributed by atoms with E-state index in [2.05, 4.69) is 44.6 Å². The van der Waals surface area contributed by atoms with E-state index in [9.17, 15) is 0 Å². The van der Waals surface area contributed by atoms with Crippen molar-refractivity contribution in [2.45, 2.75) is 6.42 Å². The van der Waals surface area contributed by atoms with Gasteiger partial charge in [-0.3, -0.25) is 0 Å². The standard InChI is InChI=1S/C8H5BrIN/c9-8-5-7(10)2-1-6(8)3-4-11/h1-2,5H,3H2. The molecule has 0 spiro atoms. The van der Waals surface area contributed by atoms with E-state index in [0.717, 1.165) is 10.0 Å². The van der Waals surface area contributed by atoms with Crippen molar-refractivity contribution in [2.75, 3.05) is 0 Å². The van der Waals surface area contributed by atoms with Gasteiger partial charge >= 0.3 is 0 Å². The second-order valence-corrected chi connectivity index (χ2v) is 4.17. The van der Waals surface area contributed by atoms with Crippen molar-refractivity contribution in [3.05, 3.63) is 31.8 Å². The predicted molar refractivity (Wildman–Crippen MR) is 56.2 cm³/mol. The summed E-state index contributed by atoms with van der Waals surface area (Å²) in [5.41, 5.74) is 1.05. The van der Waals surface area contributed by atoms with Gasteiger partial charge in [-0.15, -0.1) is 0 Å². The Labute approximate surface area is 87.7 Å². The van der Waals surface area contributed by atoms with Crippen LogP contribution in [0.5, 0.6) is 0 Å². The first-order valence-corrected chi connectivity index (χ1v) is 4.92. The number of nitrogens with zero attached hydrogens (tertiary/aromatic N) is 1. The Balaban J connectivity index is 3.01. The van der Waals surface area contributed by atoms with Crippen LogP contribution in [0.3, 0.4) is 0 Å². The Bertz CT molecular complexity index is 303. The highest BCUT2D eigenvalue weighted by Gasteiger charge is 1.98. The van der Waals surface area contributed by atoms with Crippen molar-refractivity contribution in [3.63, 3.8) is 0 Å². The van der Waals surface area contributed by atoms with Gasteiger partial charge in [-0.25, -0.2) is 0 Å². The van der Waals surface area contributed by atoms with E-state index >= 15 is 0 Å². The SMILES string of the molecule is N#CCc1ccc(I)cc1Br. The van der Waals surface area contributed by atoms with E-state index in [4.69, 9.17) is 5.26 Å². The molecule has 3 heteroatoms. The second-order valence-electron chi connectivity index (χ2n) is 2.07. The van der Waals surface area contributed by atoms with Gasteiger partial charge in [-0.2, -0.15) is 5.26 Å². The van der Waals surface area contributed by atoms with E-state index < -0.39 is 0 Å². The summed E-state index contributed by atoms with van der Waals surface area (Å²) in [7, 11) is 0. The summed E-state index contributed by atoms with van der Waals surface area (Å²) in [6.07, 6.45) is 0.470. The van der Waals surface area contributed by atoms with Gasteiger partial charge in [0.05, 0.1) is 12.5 Å². The zero-order chi connectivity index (χ0) is 8.27. The van der Waals surface area contributed by atoms with Gasteiger partial charge in [-0.1, -0.05) is 22.0 Å². The minimum absolute atomic E-state index is 0.470. The van der Waals surface area contributed by atoms with Crippen molar-refractivity contribution >= 4 is 38.5 Å². The molecule has 56 valence electrons. The molecule has 0 unspecified atom stereocenters. The number of benzene rings is 1. The Morgan fingerprint density at radius 3 is 2.82 bits per heavy atom. The van der Waals surface area contributed by atoms with E-state index in [-0.39, 0.29) is 0 Å². The Kier molecular flexibility index (Phi) is 3.34. The minimum atomic E-state index is 0.470. The van der Waals surface area contributed by atoms with Gasteiger partial charge < -0.3 is 0 Å². The van der Waals surface area contributed by atoms with E-state index in [0.29, 0.717) is 6.42 Å². The fourth-order valence-electron chi connectivity index (χ4n) is 0.750. The third kappa shape index (κ3) is 2.46. The van der Waals surface area contributed by atoms with Gasteiger partial charge in [0.2, 0.25) is 0 Å². The minimum Gasteiger partial charge on any atom is -0.198 e. The first kappa shape index (κ1) is 9.01. The topological polar surface area (TPSA) is 23.8 Å². The van der Waals surface area contributed by atoms with Crippen LogP contribution in [0.1, 0.15) is 5.56 Å². The molecule has 11 heavy (non-hydrogen) atoms. The molecule has 0 aliphatic heterocycles. The third-order valence-corrected chi connectivity index (χ3v) is 2.69. The van der Waals surface area contributed by atoms with Crippen LogP contribution in [0.15, 0.2) is 22.7 Å². The summed E-state index contributed by atoms with van der Waals surface area (Å²) in [5.74, 6) is 0. The van der Waals surface area contributed by atoms with Crippen molar-refractivity contribution in [3.8, 4) is 6.07 Å². The van der Waals surface area contributed by atoms with Crippen LogP contribution in [0.4, 0.5) is 0 Å². The van der Waals surface area contributed by atoms with Gasteiger partial charge in [0.25, 0.3) is 0 Å². The van der Waals surface area contributed by atoms with Crippen LogP contribution in [0.25, 0.3) is 0 Å². The van der Waals surface area contributed by atoms with Crippen molar-refractivity contribution in [1.29, 1.82) is 5.26 Å². The van der Waals surface area contributed by atoms with Crippen LogP contribution in [-0.2, 0) is 6.42 Å². The Hall–Kier alpha value is -0.0800. The smallest absolute Gasteiger partial charge is 0.0670 e. The van der Waals surface area contributed by atoms with Crippen molar-refractivity contribution in [2.24, 2.45) is 0 Å². The molecule has 1 rings (SSSR count). The molecule has 0 saturated carbocycles. The number of halogens is 2. The fourth-order valence-corrected chi connectivity index (χ4v) is 2.19. The molecule has 1 aromatic carbocycles. The first-order valence-electron chi connectivity index (χ1n) is 3.05. The highest BCUT2D eigenvalue weighted by atomic mass is 127. The lowest BCUT2D eigenvalue weighted by molar-refractivity contribution is 1.24. The monoisotopic (exact) mass is 321 g/mol. The molecular formula is C8H5BrIN. The summed E-state index contributed by atoms with van der Waals surface area (Å²) in [6, 6.07) is 8.08. The quantitative estimate of drug-likeness (QED) is 0.729. The van der Waals surface area contributed by atoms with Crippen LogP contribution in [-0.4, -0.2) is 0 Å².